The van der Waals surface area contributed by atoms with Crippen LogP contribution in [0.1, 0.15) is 25.0 Å². The lowest BCUT2D eigenvalue weighted by molar-refractivity contribution is 0.660. The molecule has 0 N–H and O–H groups in total. The van der Waals surface area contributed by atoms with Crippen molar-refractivity contribution in [2.75, 3.05) is 0 Å². The van der Waals surface area contributed by atoms with Crippen molar-refractivity contribution in [2.45, 2.75) is 19.3 Å². The molecular formula is C57H39N3. The Morgan fingerprint density at radius 3 is 1.77 bits per heavy atom. The molecule has 2 heterocycles. The molecule has 0 atom stereocenters. The van der Waals surface area contributed by atoms with Crippen LogP contribution in [0.25, 0.3) is 105 Å². The van der Waals surface area contributed by atoms with Crippen LogP contribution in [0.5, 0.6) is 0 Å². The highest BCUT2D eigenvalue weighted by atomic mass is 15.2. The number of rotatable bonds is 5. The second kappa shape index (κ2) is 13.2. The Morgan fingerprint density at radius 2 is 0.933 bits per heavy atom. The van der Waals surface area contributed by atoms with E-state index < -0.39 is 0 Å². The van der Waals surface area contributed by atoms with Gasteiger partial charge in [-0.15, -0.1) is 0 Å². The van der Waals surface area contributed by atoms with E-state index in [1.54, 1.807) is 0 Å². The molecule has 1 aliphatic carbocycles. The van der Waals surface area contributed by atoms with E-state index in [1.807, 2.05) is 0 Å². The zero-order valence-electron chi connectivity index (χ0n) is 33.4. The molecule has 0 bridgehead atoms. The normalized spacial score (nSPS) is 13.0. The maximum absolute atomic E-state index is 5.41. The fourth-order valence-electron chi connectivity index (χ4n) is 9.88. The predicted molar refractivity (Wildman–Crippen MR) is 251 cm³/mol. The summed E-state index contributed by atoms with van der Waals surface area (Å²) in [5.74, 6) is 0.655. The number of hydrogen-bond donors (Lipinski definition) is 0. The van der Waals surface area contributed by atoms with Crippen LogP contribution in [-0.4, -0.2) is 14.5 Å². The second-order valence-corrected chi connectivity index (χ2v) is 16.6. The van der Waals surface area contributed by atoms with Gasteiger partial charge < -0.3 is 0 Å². The fraction of sp³-hybridized carbons (Fsp3) is 0.0526. The topological polar surface area (TPSA) is 30.7 Å². The van der Waals surface area contributed by atoms with Gasteiger partial charge >= 0.3 is 0 Å². The van der Waals surface area contributed by atoms with Crippen LogP contribution in [0.4, 0.5) is 0 Å². The second-order valence-electron chi connectivity index (χ2n) is 16.6. The molecule has 3 nitrogen and oxygen atoms in total. The van der Waals surface area contributed by atoms with Crippen LogP contribution in [0.2, 0.25) is 0 Å². The number of aromatic nitrogens is 3. The lowest BCUT2D eigenvalue weighted by atomic mass is 9.81. The van der Waals surface area contributed by atoms with Crippen LogP contribution in [0.3, 0.4) is 0 Å². The third-order valence-electron chi connectivity index (χ3n) is 12.9. The van der Waals surface area contributed by atoms with Gasteiger partial charge in [0.1, 0.15) is 0 Å². The maximum atomic E-state index is 5.41. The Balaban J connectivity index is 0.984. The molecule has 2 aromatic heterocycles. The van der Waals surface area contributed by atoms with Crippen molar-refractivity contribution in [2.24, 2.45) is 0 Å². The molecule has 0 aliphatic heterocycles. The smallest absolute Gasteiger partial charge is 0.235 e. The minimum atomic E-state index is -0.0662. The van der Waals surface area contributed by atoms with E-state index in [2.05, 4.69) is 219 Å². The van der Waals surface area contributed by atoms with Gasteiger partial charge in [0, 0.05) is 27.1 Å². The first-order chi connectivity index (χ1) is 29.5. The highest BCUT2D eigenvalue weighted by molar-refractivity contribution is 6.11. The van der Waals surface area contributed by atoms with Crippen LogP contribution in [0, 0.1) is 0 Å². The van der Waals surface area contributed by atoms with Gasteiger partial charge in [-0.1, -0.05) is 184 Å². The first-order valence-electron chi connectivity index (χ1n) is 20.7. The molecule has 3 heteroatoms. The van der Waals surface area contributed by atoms with Crippen LogP contribution in [-0.2, 0) is 5.41 Å². The van der Waals surface area contributed by atoms with Crippen molar-refractivity contribution in [1.29, 1.82) is 0 Å². The quantitative estimate of drug-likeness (QED) is 0.175. The molecule has 0 fully saturated rings. The van der Waals surface area contributed by atoms with Gasteiger partial charge in [0.25, 0.3) is 0 Å². The zero-order chi connectivity index (χ0) is 40.0. The highest BCUT2D eigenvalue weighted by Crippen LogP contribution is 2.50. The standard InChI is InChI=1S/C57H39N3/c1-57(2)50-23-10-7-19-45(50)46-32-30-40(35-51(46)57)44-18-6-5-17-43(44)39-31-33-54-49(34-39)47-20-9-12-25-53(47)60(54)56-58-52-24-11-8-21-48(52)55(59-56)38-28-26-37(27-29-38)42-22-13-15-36-14-3-4-16-41(36)42/h3-35H,1-2H3. The molecule has 0 radical (unpaired) electrons. The summed E-state index contributed by atoms with van der Waals surface area (Å²) in [7, 11) is 0. The van der Waals surface area contributed by atoms with Gasteiger partial charge in [-0.05, 0) is 96.7 Å². The minimum Gasteiger partial charge on any atom is -0.278 e. The van der Waals surface area contributed by atoms with Gasteiger partial charge in [0.05, 0.1) is 22.2 Å². The van der Waals surface area contributed by atoms with Crippen LogP contribution in [0.15, 0.2) is 200 Å². The molecule has 0 spiro atoms. The SMILES string of the molecule is CC1(C)c2ccccc2-c2ccc(-c3ccccc3-c3ccc4c(c3)c3ccccc3n4-c3nc(-c4ccc(-c5cccc6ccccc56)cc4)c4ccccc4n3)cc21. The lowest BCUT2D eigenvalue weighted by Crippen LogP contribution is -2.14. The zero-order valence-corrected chi connectivity index (χ0v) is 33.4. The van der Waals surface area contributed by atoms with E-state index in [-0.39, 0.29) is 5.41 Å². The Labute approximate surface area is 348 Å². The Kier molecular flexibility index (Phi) is 7.58. The lowest BCUT2D eigenvalue weighted by Gasteiger charge is -2.22. The first-order valence-corrected chi connectivity index (χ1v) is 20.7. The minimum absolute atomic E-state index is 0.0662. The fourth-order valence-corrected chi connectivity index (χ4v) is 9.88. The molecule has 0 unspecified atom stereocenters. The summed E-state index contributed by atoms with van der Waals surface area (Å²) in [6, 6.07) is 72.5. The van der Waals surface area contributed by atoms with E-state index in [0.717, 1.165) is 33.2 Å². The summed E-state index contributed by atoms with van der Waals surface area (Å²) >= 11 is 0. The summed E-state index contributed by atoms with van der Waals surface area (Å²) < 4.78 is 2.24. The van der Waals surface area contributed by atoms with Gasteiger partial charge in [-0.25, -0.2) is 9.97 Å². The van der Waals surface area contributed by atoms with Gasteiger partial charge in [-0.3, -0.25) is 4.57 Å². The average molecular weight is 766 g/mol. The average Bonchev–Trinajstić information content (AvgIpc) is 3.76. The Morgan fingerprint density at radius 1 is 0.367 bits per heavy atom. The van der Waals surface area contributed by atoms with Crippen molar-refractivity contribution in [1.82, 2.24) is 14.5 Å². The van der Waals surface area contributed by atoms with Gasteiger partial charge in [0.2, 0.25) is 5.95 Å². The van der Waals surface area contributed by atoms with E-state index >= 15 is 0 Å². The Hall–Kier alpha value is -7.62. The molecule has 11 aromatic rings. The maximum Gasteiger partial charge on any atom is 0.235 e. The van der Waals surface area contributed by atoms with Crippen molar-refractivity contribution >= 4 is 43.5 Å². The molecule has 0 saturated heterocycles. The molecule has 282 valence electrons. The summed E-state index contributed by atoms with van der Waals surface area (Å²) in [5, 5.41) is 5.85. The Bertz CT molecular complexity index is 3510. The molecule has 1 aliphatic rings. The van der Waals surface area contributed by atoms with E-state index in [0.29, 0.717) is 5.95 Å². The summed E-state index contributed by atoms with van der Waals surface area (Å²) in [4.78, 5) is 10.7. The number of benzene rings is 9. The summed E-state index contributed by atoms with van der Waals surface area (Å²) in [5.41, 5.74) is 17.7. The van der Waals surface area contributed by atoms with Crippen molar-refractivity contribution in [3.8, 4) is 61.7 Å². The van der Waals surface area contributed by atoms with E-state index in [4.69, 9.17) is 9.97 Å². The van der Waals surface area contributed by atoms with E-state index in [1.165, 1.54) is 77.2 Å². The molecule has 0 amide bonds. The van der Waals surface area contributed by atoms with Crippen LogP contribution >= 0.6 is 0 Å². The summed E-state index contributed by atoms with van der Waals surface area (Å²) in [6.07, 6.45) is 0. The van der Waals surface area contributed by atoms with Crippen molar-refractivity contribution in [3.63, 3.8) is 0 Å². The summed E-state index contributed by atoms with van der Waals surface area (Å²) in [6.45, 7) is 4.70. The third kappa shape index (κ3) is 5.22. The third-order valence-corrected chi connectivity index (χ3v) is 12.9. The highest BCUT2D eigenvalue weighted by Gasteiger charge is 2.35. The number of para-hydroxylation sites is 2. The molecular weight excluding hydrogens is 727 g/mol. The molecule has 60 heavy (non-hydrogen) atoms. The number of nitrogens with zero attached hydrogens (tertiary/aromatic N) is 3. The van der Waals surface area contributed by atoms with Crippen molar-refractivity contribution in [3.05, 3.63) is 211 Å². The van der Waals surface area contributed by atoms with Crippen molar-refractivity contribution < 1.29 is 0 Å². The van der Waals surface area contributed by atoms with Crippen LogP contribution < -0.4 is 0 Å². The number of hydrogen-bond acceptors (Lipinski definition) is 2. The predicted octanol–water partition coefficient (Wildman–Crippen LogP) is 14.9. The largest absolute Gasteiger partial charge is 0.278 e. The molecule has 0 saturated carbocycles. The first kappa shape index (κ1) is 34.4. The number of fused-ring (bicyclic) bond motifs is 8. The van der Waals surface area contributed by atoms with Gasteiger partial charge in [-0.2, -0.15) is 0 Å². The molecule has 9 aromatic carbocycles. The molecule has 12 rings (SSSR count). The van der Waals surface area contributed by atoms with E-state index in [9.17, 15) is 0 Å². The van der Waals surface area contributed by atoms with Gasteiger partial charge in [0.15, 0.2) is 0 Å². The monoisotopic (exact) mass is 765 g/mol.